The van der Waals surface area contributed by atoms with Crippen molar-refractivity contribution in [2.24, 2.45) is 17.3 Å². The molecular weight excluding hydrogens is 613 g/mol. The highest BCUT2D eigenvalue weighted by Gasteiger charge is 2.67. The summed E-state index contributed by atoms with van der Waals surface area (Å²) in [6.07, 6.45) is 8.13. The van der Waals surface area contributed by atoms with E-state index in [1.54, 1.807) is 0 Å². The zero-order chi connectivity index (χ0) is 27.6. The minimum Gasteiger partial charge on any atom is -0.508 e. The second kappa shape index (κ2) is 9.86. The number of alkyl halides is 1. The lowest BCUT2D eigenvalue weighted by Crippen LogP contribution is -2.64. The van der Waals surface area contributed by atoms with E-state index in [1.165, 1.54) is 43.0 Å². The fourth-order valence-corrected chi connectivity index (χ4v) is 9.77. The number of aromatic nitrogens is 1. The van der Waals surface area contributed by atoms with E-state index in [-0.39, 0.29) is 28.3 Å². The molecule has 3 saturated carbocycles. The van der Waals surface area contributed by atoms with Gasteiger partial charge in [-0.15, -0.1) is 0 Å². The van der Waals surface area contributed by atoms with Gasteiger partial charge < -0.3 is 19.9 Å². The first-order valence-electron chi connectivity index (χ1n) is 14.9. The summed E-state index contributed by atoms with van der Waals surface area (Å²) in [6, 6.07) is 15.2. The Hall–Kier alpha value is -2.39. The number of carbonyl (C=O) groups excluding carboxylic acids is 1. The summed E-state index contributed by atoms with van der Waals surface area (Å²) in [7, 11) is 1.95. The zero-order valence-corrected chi connectivity index (χ0v) is 25.3. The first-order valence-corrected chi connectivity index (χ1v) is 16.4. The predicted molar refractivity (Wildman–Crippen MR) is 166 cm³/mol. The van der Waals surface area contributed by atoms with E-state index in [0.29, 0.717) is 22.7 Å². The number of amides is 1. The lowest BCUT2D eigenvalue weighted by molar-refractivity contribution is -0.0537. The van der Waals surface area contributed by atoms with Crippen LogP contribution in [0.3, 0.4) is 0 Å². The Balaban J connectivity index is 1.30. The van der Waals surface area contributed by atoms with Gasteiger partial charge in [-0.25, -0.2) is 0 Å². The number of hydrogen-bond acceptors (Lipinski definition) is 4. The molecule has 4 atom stereocenters. The number of aromatic amines is 1. The standard InChI is InChI=1S/C33H38IN3O3/c1-36(31(40)25-17-30(39)35-28-5-3-2-4-24(25)28)29-11-13-32-12-10-26(29)33(32,14-15-37(20-32)19-21-6-7-21)27-16-23(38)9-8-22(27)18-34/h2-5,8-9,16-17,21,26,29,38H,6-7,10-15,18-20H2,1H3,(H,35,39). The largest absolute Gasteiger partial charge is 0.508 e. The van der Waals surface area contributed by atoms with Gasteiger partial charge in [0.1, 0.15) is 5.75 Å². The molecule has 3 aliphatic carbocycles. The Bertz CT molecular complexity index is 1530. The van der Waals surface area contributed by atoms with Crippen molar-refractivity contribution < 1.29 is 9.90 Å². The highest BCUT2D eigenvalue weighted by Crippen LogP contribution is 2.68. The summed E-state index contributed by atoms with van der Waals surface area (Å²) in [5.74, 6) is 1.46. The molecule has 2 N–H and O–H groups in total. The van der Waals surface area contributed by atoms with Crippen LogP contribution in [0.5, 0.6) is 5.75 Å². The van der Waals surface area contributed by atoms with Gasteiger partial charge in [-0.2, -0.15) is 0 Å². The number of rotatable bonds is 6. The van der Waals surface area contributed by atoms with Crippen LogP contribution in [-0.2, 0) is 9.84 Å². The number of nitrogens with one attached hydrogen (secondary N) is 1. The summed E-state index contributed by atoms with van der Waals surface area (Å²) in [6.45, 7) is 3.42. The van der Waals surface area contributed by atoms with Crippen LogP contribution >= 0.6 is 22.6 Å². The first-order chi connectivity index (χ1) is 19.3. The van der Waals surface area contributed by atoms with Crippen molar-refractivity contribution in [3.63, 3.8) is 0 Å². The summed E-state index contributed by atoms with van der Waals surface area (Å²) in [5, 5.41) is 11.5. The van der Waals surface area contributed by atoms with Gasteiger partial charge in [-0.3, -0.25) is 9.59 Å². The van der Waals surface area contributed by atoms with E-state index in [1.807, 2.05) is 42.3 Å². The van der Waals surface area contributed by atoms with Gasteiger partial charge >= 0.3 is 0 Å². The minimum atomic E-state index is -0.245. The fourth-order valence-electron chi connectivity index (χ4n) is 9.10. The lowest BCUT2D eigenvalue weighted by Gasteiger charge is -2.61. The number of nitrogens with zero attached hydrogens (tertiary/aromatic N) is 2. The number of aromatic hydroxyl groups is 1. The molecule has 0 radical (unpaired) electrons. The summed E-state index contributed by atoms with van der Waals surface area (Å²) in [4.78, 5) is 34.3. The third-order valence-electron chi connectivity index (χ3n) is 11.0. The van der Waals surface area contributed by atoms with Crippen LogP contribution in [0.15, 0.2) is 53.3 Å². The Morgan fingerprint density at radius 2 is 1.90 bits per heavy atom. The van der Waals surface area contributed by atoms with Gasteiger partial charge in [0, 0.05) is 53.0 Å². The molecule has 2 heterocycles. The predicted octanol–water partition coefficient (Wildman–Crippen LogP) is 5.85. The molecule has 4 unspecified atom stereocenters. The molecule has 4 fully saturated rings. The second-order valence-corrected chi connectivity index (χ2v) is 13.7. The van der Waals surface area contributed by atoms with E-state index < -0.39 is 0 Å². The fraction of sp³-hybridized carbons (Fsp3) is 0.515. The van der Waals surface area contributed by atoms with Gasteiger partial charge in [0.05, 0.1) is 5.56 Å². The number of pyridine rings is 1. The smallest absolute Gasteiger partial charge is 0.254 e. The molecule has 1 aromatic heterocycles. The average Bonchev–Trinajstić information content (AvgIpc) is 3.75. The summed E-state index contributed by atoms with van der Waals surface area (Å²) >= 11 is 2.47. The minimum absolute atomic E-state index is 0.0695. The molecule has 6 nitrogen and oxygen atoms in total. The number of halogens is 1. The number of carbonyl (C=O) groups is 1. The molecule has 1 amide bonds. The Labute approximate surface area is 249 Å². The van der Waals surface area contributed by atoms with Gasteiger partial charge in [0.15, 0.2) is 0 Å². The summed E-state index contributed by atoms with van der Waals surface area (Å²) < 4.78 is 0.905. The van der Waals surface area contributed by atoms with Crippen LogP contribution in [0.4, 0.5) is 0 Å². The molecule has 2 bridgehead atoms. The van der Waals surface area contributed by atoms with Crippen LogP contribution in [0.25, 0.3) is 10.9 Å². The first kappa shape index (κ1) is 26.5. The van der Waals surface area contributed by atoms with Gasteiger partial charge in [-0.05, 0) is 98.1 Å². The van der Waals surface area contributed by atoms with E-state index in [4.69, 9.17) is 0 Å². The van der Waals surface area contributed by atoms with Crippen molar-refractivity contribution in [2.45, 2.75) is 60.8 Å². The van der Waals surface area contributed by atoms with E-state index in [0.717, 1.165) is 54.5 Å². The molecule has 1 saturated heterocycles. The third-order valence-corrected chi connectivity index (χ3v) is 11.8. The molecule has 0 spiro atoms. The zero-order valence-electron chi connectivity index (χ0n) is 23.2. The van der Waals surface area contributed by atoms with Crippen LogP contribution in [-0.4, -0.2) is 58.5 Å². The normalized spacial score (nSPS) is 29.9. The molecule has 1 aliphatic heterocycles. The van der Waals surface area contributed by atoms with Crippen LogP contribution in [0.2, 0.25) is 0 Å². The quantitative estimate of drug-likeness (QED) is 0.259. The number of hydrogen-bond donors (Lipinski definition) is 2. The highest BCUT2D eigenvalue weighted by molar-refractivity contribution is 14.1. The lowest BCUT2D eigenvalue weighted by atomic mass is 9.49. The third kappa shape index (κ3) is 4.05. The van der Waals surface area contributed by atoms with Crippen molar-refractivity contribution in [2.75, 3.05) is 26.7 Å². The molecule has 3 aromatic rings. The number of piperidine rings is 1. The molecular formula is C33H38IN3O3. The van der Waals surface area contributed by atoms with Crippen LogP contribution in [0.1, 0.15) is 66.4 Å². The molecule has 2 aromatic carbocycles. The molecule has 4 aliphatic rings. The molecule has 40 heavy (non-hydrogen) atoms. The number of likely N-dealkylation sites (tertiary alicyclic amines) is 1. The Morgan fingerprint density at radius 3 is 2.70 bits per heavy atom. The van der Waals surface area contributed by atoms with Crippen molar-refractivity contribution in [3.05, 3.63) is 75.6 Å². The van der Waals surface area contributed by atoms with E-state index >= 15 is 0 Å². The van der Waals surface area contributed by atoms with E-state index in [9.17, 15) is 14.7 Å². The van der Waals surface area contributed by atoms with Crippen molar-refractivity contribution in [1.82, 2.24) is 14.8 Å². The molecule has 7 rings (SSSR count). The Kier molecular flexibility index (Phi) is 6.53. The topological polar surface area (TPSA) is 76.6 Å². The number of benzene rings is 2. The SMILES string of the molecule is CN(C(=O)c1cc(=O)[nH]c2ccccc12)C1CCC23CCC1C2(c1cc(O)ccc1CI)CCN(CC1CC1)C3. The molecule has 210 valence electrons. The Morgan fingerprint density at radius 1 is 1.10 bits per heavy atom. The average molecular weight is 652 g/mol. The second-order valence-electron chi connectivity index (χ2n) is 12.9. The maximum atomic E-state index is 14.2. The molecule has 7 heteroatoms. The van der Waals surface area contributed by atoms with Crippen molar-refractivity contribution in [3.8, 4) is 5.75 Å². The van der Waals surface area contributed by atoms with Crippen LogP contribution < -0.4 is 5.56 Å². The number of H-pyrrole nitrogens is 1. The van der Waals surface area contributed by atoms with Crippen LogP contribution in [0, 0.1) is 17.3 Å². The van der Waals surface area contributed by atoms with Crippen molar-refractivity contribution >= 4 is 39.4 Å². The van der Waals surface area contributed by atoms with Gasteiger partial charge in [-0.1, -0.05) is 46.9 Å². The maximum absolute atomic E-state index is 14.2. The number of fused-ring (bicyclic) bond motifs is 1. The van der Waals surface area contributed by atoms with Gasteiger partial charge in [0.2, 0.25) is 5.56 Å². The number of phenolic OH excluding ortho intramolecular Hbond substituents is 1. The van der Waals surface area contributed by atoms with E-state index in [2.05, 4.69) is 44.6 Å². The maximum Gasteiger partial charge on any atom is 0.254 e. The monoisotopic (exact) mass is 651 g/mol. The number of para-hydroxylation sites is 1. The number of phenols is 1. The van der Waals surface area contributed by atoms with Crippen molar-refractivity contribution in [1.29, 1.82) is 0 Å². The van der Waals surface area contributed by atoms with Gasteiger partial charge in [0.25, 0.3) is 5.91 Å². The highest BCUT2D eigenvalue weighted by atomic mass is 127. The summed E-state index contributed by atoms with van der Waals surface area (Å²) in [5.41, 5.74) is 3.67.